The summed E-state index contributed by atoms with van der Waals surface area (Å²) in [6, 6.07) is 3.50. The molecule has 1 aliphatic heterocycles. The maximum absolute atomic E-state index is 12.8. The number of allylic oxidation sites excluding steroid dienone is 2. The summed E-state index contributed by atoms with van der Waals surface area (Å²) in [6.45, 7) is 0. The van der Waals surface area contributed by atoms with Crippen LogP contribution in [0.15, 0.2) is 35.5 Å². The number of nitro groups is 1. The number of carbonyl (C=O) groups is 2. The number of nitrogens with zero attached hydrogens (tertiary/aromatic N) is 3. The van der Waals surface area contributed by atoms with E-state index in [1.54, 1.807) is 0 Å². The van der Waals surface area contributed by atoms with E-state index in [1.807, 2.05) is 0 Å². The summed E-state index contributed by atoms with van der Waals surface area (Å²) in [5.41, 5.74) is -0.127. The summed E-state index contributed by atoms with van der Waals surface area (Å²) >= 11 is 0. The molecule has 8 heteroatoms. The van der Waals surface area contributed by atoms with E-state index in [0.29, 0.717) is 11.8 Å². The Labute approximate surface area is 147 Å². The van der Waals surface area contributed by atoms with Gasteiger partial charge in [0.1, 0.15) is 5.75 Å². The van der Waals surface area contributed by atoms with Crippen LogP contribution in [0.2, 0.25) is 0 Å². The van der Waals surface area contributed by atoms with Gasteiger partial charge in [-0.05, 0) is 36.2 Å². The molecule has 2 saturated carbocycles. The smallest absolute Gasteiger partial charge is 0.270 e. The molecule has 6 atom stereocenters. The minimum absolute atomic E-state index is 0.0821. The molecule has 0 spiro atoms. The second-order valence-electron chi connectivity index (χ2n) is 7.39. The molecule has 0 unspecified atom stereocenters. The van der Waals surface area contributed by atoms with Crippen LogP contribution >= 0.6 is 0 Å². The quantitative estimate of drug-likeness (QED) is 0.292. The highest BCUT2D eigenvalue weighted by Gasteiger charge is 2.67. The molecule has 4 aliphatic carbocycles. The maximum atomic E-state index is 12.8. The number of rotatable bonds is 3. The number of hydrogen-bond acceptors (Lipinski definition) is 6. The van der Waals surface area contributed by atoms with Gasteiger partial charge in [0.15, 0.2) is 0 Å². The first-order valence-electron chi connectivity index (χ1n) is 8.55. The molecule has 0 radical (unpaired) electrons. The van der Waals surface area contributed by atoms with Crippen LogP contribution in [-0.4, -0.2) is 33.1 Å². The fourth-order valence-electron chi connectivity index (χ4n) is 4.93. The van der Waals surface area contributed by atoms with Gasteiger partial charge in [-0.2, -0.15) is 10.1 Å². The second-order valence-corrected chi connectivity index (χ2v) is 7.39. The Kier molecular flexibility index (Phi) is 2.93. The molecule has 3 fully saturated rings. The summed E-state index contributed by atoms with van der Waals surface area (Å²) < 4.78 is 0. The lowest BCUT2D eigenvalue weighted by Crippen LogP contribution is -2.40. The van der Waals surface area contributed by atoms with Gasteiger partial charge >= 0.3 is 0 Å². The lowest BCUT2D eigenvalue weighted by molar-refractivity contribution is -0.384. The summed E-state index contributed by atoms with van der Waals surface area (Å²) in [5.74, 6) is -0.305. The first-order chi connectivity index (χ1) is 12.5. The van der Waals surface area contributed by atoms with Gasteiger partial charge in [-0.25, -0.2) is 0 Å². The molecule has 6 rings (SSSR count). The third-order valence-electron chi connectivity index (χ3n) is 6.17. The summed E-state index contributed by atoms with van der Waals surface area (Å²) in [6.07, 6.45) is 6.36. The number of benzene rings is 1. The van der Waals surface area contributed by atoms with Crippen LogP contribution in [0.1, 0.15) is 12.0 Å². The Morgan fingerprint density at radius 2 is 1.77 bits per heavy atom. The monoisotopic (exact) mass is 353 g/mol. The minimum atomic E-state index is -0.590. The molecule has 2 bridgehead atoms. The number of phenols is 1. The van der Waals surface area contributed by atoms with Crippen LogP contribution in [0, 0.1) is 45.6 Å². The zero-order chi connectivity index (χ0) is 18.2. The SMILES string of the molecule is O=C1[C@@H]2[C@@H]3C=C[C@H]([C@@H]4C[C@H]34)[C@@H]2C(=O)N1/N=C\c1cc([N+](=O)[O-])ccc1O. The van der Waals surface area contributed by atoms with Gasteiger partial charge in [0.25, 0.3) is 17.5 Å². The molecule has 1 aromatic carbocycles. The van der Waals surface area contributed by atoms with Crippen molar-refractivity contribution in [3.8, 4) is 5.75 Å². The molecule has 26 heavy (non-hydrogen) atoms. The Balaban J connectivity index is 1.45. The van der Waals surface area contributed by atoms with E-state index < -0.39 is 4.92 Å². The highest BCUT2D eigenvalue weighted by atomic mass is 16.6. The van der Waals surface area contributed by atoms with Gasteiger partial charge in [0, 0.05) is 17.7 Å². The van der Waals surface area contributed by atoms with E-state index >= 15 is 0 Å². The van der Waals surface area contributed by atoms with Crippen molar-refractivity contribution in [3.63, 3.8) is 0 Å². The van der Waals surface area contributed by atoms with Crippen molar-refractivity contribution < 1.29 is 19.6 Å². The standard InChI is InChI=1S/C18H15N3O5/c22-14-4-1-9(21(25)26)5-8(14)7-19-20-17(23)15-10-2-3-11(13-6-12(10)13)16(15)18(20)24/h1-5,7,10-13,15-16,22H,6H2/b19-7-/t10-,11-,12-,13+,15-,16+/m1/s1. The van der Waals surface area contributed by atoms with Crippen LogP contribution in [0.4, 0.5) is 5.69 Å². The average molecular weight is 353 g/mol. The van der Waals surface area contributed by atoms with Crippen LogP contribution in [0.5, 0.6) is 5.75 Å². The molecule has 2 amide bonds. The van der Waals surface area contributed by atoms with E-state index in [9.17, 15) is 24.8 Å². The molecule has 1 aromatic rings. The molecular weight excluding hydrogens is 338 g/mol. The van der Waals surface area contributed by atoms with Crippen molar-refractivity contribution in [2.45, 2.75) is 6.42 Å². The van der Waals surface area contributed by atoms with E-state index in [4.69, 9.17) is 0 Å². The highest BCUT2D eigenvalue weighted by molar-refractivity contribution is 6.06. The summed E-state index contributed by atoms with van der Waals surface area (Å²) in [5, 5.41) is 25.6. The van der Waals surface area contributed by atoms with Crippen LogP contribution < -0.4 is 0 Å². The minimum Gasteiger partial charge on any atom is -0.507 e. The number of hydrazone groups is 1. The predicted molar refractivity (Wildman–Crippen MR) is 88.9 cm³/mol. The van der Waals surface area contributed by atoms with Crippen LogP contribution in [-0.2, 0) is 9.59 Å². The number of amides is 2. The van der Waals surface area contributed by atoms with E-state index in [-0.39, 0.29) is 52.5 Å². The average Bonchev–Trinajstić information content (AvgIpc) is 3.40. The first-order valence-corrected chi connectivity index (χ1v) is 8.55. The van der Waals surface area contributed by atoms with Gasteiger partial charge in [0.2, 0.25) is 0 Å². The topological polar surface area (TPSA) is 113 Å². The Bertz CT molecular complexity index is 887. The van der Waals surface area contributed by atoms with Crippen molar-refractivity contribution in [2.24, 2.45) is 40.6 Å². The Morgan fingerprint density at radius 1 is 1.15 bits per heavy atom. The zero-order valence-electron chi connectivity index (χ0n) is 13.6. The number of hydrogen-bond donors (Lipinski definition) is 1. The van der Waals surface area contributed by atoms with Crippen molar-refractivity contribution in [1.29, 1.82) is 0 Å². The molecule has 5 aliphatic rings. The van der Waals surface area contributed by atoms with Crippen molar-refractivity contribution in [3.05, 3.63) is 46.0 Å². The van der Waals surface area contributed by atoms with Gasteiger partial charge < -0.3 is 5.11 Å². The molecule has 132 valence electrons. The molecular formula is C18H15N3O5. The Morgan fingerprint density at radius 3 is 2.35 bits per heavy atom. The third-order valence-corrected chi connectivity index (χ3v) is 6.17. The number of carbonyl (C=O) groups excluding carboxylic acids is 2. The largest absolute Gasteiger partial charge is 0.507 e. The predicted octanol–water partition coefficient (Wildman–Crippen LogP) is 1.69. The third kappa shape index (κ3) is 1.92. The van der Waals surface area contributed by atoms with Crippen molar-refractivity contribution in [2.75, 3.05) is 0 Å². The fraction of sp³-hybridized carbons (Fsp3) is 0.389. The molecule has 1 saturated heterocycles. The molecule has 8 nitrogen and oxygen atoms in total. The van der Waals surface area contributed by atoms with Gasteiger partial charge in [0.05, 0.1) is 23.0 Å². The molecule has 0 aromatic heterocycles. The fourth-order valence-corrected chi connectivity index (χ4v) is 4.93. The number of phenolic OH excluding ortho intramolecular Hbond substituents is 1. The maximum Gasteiger partial charge on any atom is 0.270 e. The lowest BCUT2D eigenvalue weighted by Gasteiger charge is -2.37. The van der Waals surface area contributed by atoms with Crippen molar-refractivity contribution >= 4 is 23.7 Å². The second kappa shape index (κ2) is 5.00. The normalized spacial score (nSPS) is 36.5. The number of aromatic hydroxyl groups is 1. The van der Waals surface area contributed by atoms with Gasteiger partial charge in [-0.1, -0.05) is 12.2 Å². The molecule has 1 heterocycles. The van der Waals surface area contributed by atoms with Crippen LogP contribution in [0.3, 0.4) is 0 Å². The number of non-ortho nitro benzene ring substituents is 1. The molecule has 1 N–H and O–H groups in total. The zero-order valence-corrected chi connectivity index (χ0v) is 13.6. The van der Waals surface area contributed by atoms with Crippen LogP contribution in [0.25, 0.3) is 0 Å². The van der Waals surface area contributed by atoms with Crippen molar-refractivity contribution in [1.82, 2.24) is 5.01 Å². The highest BCUT2D eigenvalue weighted by Crippen LogP contribution is 2.65. The summed E-state index contributed by atoms with van der Waals surface area (Å²) in [4.78, 5) is 35.8. The number of imide groups is 1. The van der Waals surface area contributed by atoms with E-state index in [0.717, 1.165) is 23.7 Å². The van der Waals surface area contributed by atoms with E-state index in [1.165, 1.54) is 12.1 Å². The first kappa shape index (κ1) is 15.2. The van der Waals surface area contributed by atoms with E-state index in [2.05, 4.69) is 17.3 Å². The Hall–Kier alpha value is -3.03. The van der Waals surface area contributed by atoms with Gasteiger partial charge in [-0.15, -0.1) is 0 Å². The lowest BCUT2D eigenvalue weighted by atomic mass is 9.63. The van der Waals surface area contributed by atoms with Gasteiger partial charge in [-0.3, -0.25) is 19.7 Å². The number of nitro benzene ring substituents is 1. The summed E-state index contributed by atoms with van der Waals surface area (Å²) in [7, 11) is 0.